The van der Waals surface area contributed by atoms with Crippen molar-refractivity contribution in [2.45, 2.75) is 31.8 Å². The van der Waals surface area contributed by atoms with Crippen molar-refractivity contribution in [1.82, 2.24) is 5.32 Å². The molecule has 3 N–H and O–H groups in total. The summed E-state index contributed by atoms with van der Waals surface area (Å²) in [6.07, 6.45) is 3.61. The maximum absolute atomic E-state index is 11.2. The Balaban J connectivity index is 2.12. The molecule has 80 valence electrons. The number of nitrogens with one attached hydrogen (secondary N) is 1. The average molecular weight is 216 g/mol. The van der Waals surface area contributed by atoms with Gasteiger partial charge in [0, 0.05) is 13.2 Å². The van der Waals surface area contributed by atoms with Crippen molar-refractivity contribution in [2.75, 3.05) is 13.2 Å². The molecule has 0 aromatic carbocycles. The van der Waals surface area contributed by atoms with E-state index < -0.39 is 0 Å². The molecule has 14 heavy (non-hydrogen) atoms. The topological polar surface area (TPSA) is 64.4 Å². The van der Waals surface area contributed by atoms with E-state index >= 15 is 0 Å². The molecule has 1 fully saturated rings. The summed E-state index contributed by atoms with van der Waals surface area (Å²) in [6.45, 7) is 1.37. The lowest BCUT2D eigenvalue weighted by Crippen LogP contribution is -2.36. The first-order valence-corrected chi connectivity index (χ1v) is 5.26. The van der Waals surface area contributed by atoms with Gasteiger partial charge in [-0.15, -0.1) is 0 Å². The molecule has 1 amide bonds. The highest BCUT2D eigenvalue weighted by atomic mass is 32.1. The largest absolute Gasteiger partial charge is 0.393 e. The second-order valence-electron chi connectivity index (χ2n) is 3.44. The maximum atomic E-state index is 11.2. The summed E-state index contributed by atoms with van der Waals surface area (Å²) in [4.78, 5) is 11.4. The standard InChI is InChI=1S/C9H16N2O2S/c10-8(14)5-9(12)11-6-7-3-1-2-4-13-7/h7H,1-6H2,(H2,10,14)(H,11,12). The number of ether oxygens (including phenoxy) is 1. The molecule has 0 bridgehead atoms. The molecule has 5 heteroatoms. The quantitative estimate of drug-likeness (QED) is 0.665. The van der Waals surface area contributed by atoms with Crippen LogP contribution in [-0.4, -0.2) is 30.2 Å². The first kappa shape index (κ1) is 11.4. The Kier molecular flexibility index (Phi) is 4.82. The Bertz CT molecular complexity index is 215. The third-order valence-corrected chi connectivity index (χ3v) is 2.28. The van der Waals surface area contributed by atoms with Crippen molar-refractivity contribution in [3.63, 3.8) is 0 Å². The van der Waals surface area contributed by atoms with Crippen LogP contribution in [0.5, 0.6) is 0 Å². The lowest BCUT2D eigenvalue weighted by atomic mass is 10.1. The number of hydrogen-bond acceptors (Lipinski definition) is 3. The molecule has 4 nitrogen and oxygen atoms in total. The number of thiocarbonyl (C=S) groups is 1. The van der Waals surface area contributed by atoms with Gasteiger partial charge < -0.3 is 15.8 Å². The number of amides is 1. The highest BCUT2D eigenvalue weighted by molar-refractivity contribution is 7.80. The lowest BCUT2D eigenvalue weighted by molar-refractivity contribution is -0.120. The number of hydrogen-bond donors (Lipinski definition) is 2. The van der Waals surface area contributed by atoms with Gasteiger partial charge in [0.15, 0.2) is 0 Å². The Morgan fingerprint density at radius 1 is 1.57 bits per heavy atom. The smallest absolute Gasteiger partial charge is 0.226 e. The summed E-state index contributed by atoms with van der Waals surface area (Å²) in [5.41, 5.74) is 5.24. The zero-order valence-corrected chi connectivity index (χ0v) is 8.94. The Morgan fingerprint density at radius 2 is 2.36 bits per heavy atom. The van der Waals surface area contributed by atoms with Gasteiger partial charge in [0.2, 0.25) is 5.91 Å². The zero-order valence-electron chi connectivity index (χ0n) is 8.12. The highest BCUT2D eigenvalue weighted by Crippen LogP contribution is 2.11. The summed E-state index contributed by atoms with van der Waals surface area (Å²) in [5, 5.41) is 2.75. The van der Waals surface area contributed by atoms with Crippen LogP contribution in [0.3, 0.4) is 0 Å². The zero-order chi connectivity index (χ0) is 10.4. The van der Waals surface area contributed by atoms with Crippen LogP contribution in [0.25, 0.3) is 0 Å². The SMILES string of the molecule is NC(=S)CC(=O)NCC1CCCCO1. The van der Waals surface area contributed by atoms with Gasteiger partial charge in [-0.05, 0) is 19.3 Å². The van der Waals surface area contributed by atoms with Gasteiger partial charge in [-0.1, -0.05) is 12.2 Å². The van der Waals surface area contributed by atoms with Gasteiger partial charge >= 0.3 is 0 Å². The van der Waals surface area contributed by atoms with Crippen molar-refractivity contribution >= 4 is 23.1 Å². The highest BCUT2D eigenvalue weighted by Gasteiger charge is 2.14. The van der Waals surface area contributed by atoms with Crippen LogP contribution in [0, 0.1) is 0 Å². The van der Waals surface area contributed by atoms with Gasteiger partial charge in [0.05, 0.1) is 17.5 Å². The lowest BCUT2D eigenvalue weighted by Gasteiger charge is -2.22. The van der Waals surface area contributed by atoms with E-state index in [4.69, 9.17) is 10.5 Å². The summed E-state index contributed by atoms with van der Waals surface area (Å²) < 4.78 is 5.45. The van der Waals surface area contributed by atoms with E-state index in [1.54, 1.807) is 0 Å². The predicted octanol–water partition coefficient (Wildman–Crippen LogP) is 0.348. The Morgan fingerprint density at radius 3 is 2.93 bits per heavy atom. The third kappa shape index (κ3) is 4.53. The van der Waals surface area contributed by atoms with E-state index in [0.29, 0.717) is 6.54 Å². The summed E-state index contributed by atoms with van der Waals surface area (Å²) in [5.74, 6) is -0.119. The van der Waals surface area contributed by atoms with Crippen molar-refractivity contribution in [3.8, 4) is 0 Å². The fraction of sp³-hybridized carbons (Fsp3) is 0.778. The summed E-state index contributed by atoms with van der Waals surface area (Å²) in [7, 11) is 0. The van der Waals surface area contributed by atoms with Crippen molar-refractivity contribution in [2.24, 2.45) is 5.73 Å². The monoisotopic (exact) mass is 216 g/mol. The van der Waals surface area contributed by atoms with E-state index in [9.17, 15) is 4.79 Å². The van der Waals surface area contributed by atoms with Crippen molar-refractivity contribution in [3.05, 3.63) is 0 Å². The van der Waals surface area contributed by atoms with E-state index in [1.165, 1.54) is 6.42 Å². The van der Waals surface area contributed by atoms with E-state index in [-0.39, 0.29) is 23.4 Å². The summed E-state index contributed by atoms with van der Waals surface area (Å²) >= 11 is 4.63. The first-order chi connectivity index (χ1) is 6.68. The summed E-state index contributed by atoms with van der Waals surface area (Å²) in [6, 6.07) is 0. The van der Waals surface area contributed by atoms with Crippen LogP contribution >= 0.6 is 12.2 Å². The number of rotatable bonds is 4. The second-order valence-corrected chi connectivity index (χ2v) is 3.96. The predicted molar refractivity (Wildman–Crippen MR) is 58.0 cm³/mol. The molecule has 1 unspecified atom stereocenters. The molecular weight excluding hydrogens is 200 g/mol. The minimum atomic E-state index is -0.119. The van der Waals surface area contributed by atoms with Crippen LogP contribution in [0.1, 0.15) is 25.7 Å². The Labute approximate surface area is 89.2 Å². The Hall–Kier alpha value is -0.680. The van der Waals surface area contributed by atoms with Gasteiger partial charge in [-0.3, -0.25) is 4.79 Å². The molecule has 0 aromatic heterocycles. The molecule has 1 atom stereocenters. The fourth-order valence-electron chi connectivity index (χ4n) is 1.42. The molecule has 1 heterocycles. The van der Waals surface area contributed by atoms with Gasteiger partial charge in [-0.2, -0.15) is 0 Å². The van der Waals surface area contributed by atoms with Crippen molar-refractivity contribution < 1.29 is 9.53 Å². The normalized spacial score (nSPS) is 21.6. The second kappa shape index (κ2) is 5.93. The van der Waals surface area contributed by atoms with Crippen LogP contribution in [0.4, 0.5) is 0 Å². The third-order valence-electron chi connectivity index (χ3n) is 2.14. The molecule has 0 spiro atoms. The average Bonchev–Trinajstić information content (AvgIpc) is 2.15. The number of carbonyl (C=O) groups excluding carboxylic acids is 1. The van der Waals surface area contributed by atoms with E-state index in [2.05, 4.69) is 17.5 Å². The van der Waals surface area contributed by atoms with Crippen LogP contribution in [-0.2, 0) is 9.53 Å². The minimum Gasteiger partial charge on any atom is -0.393 e. The molecule has 1 rings (SSSR count). The molecule has 0 aliphatic carbocycles. The van der Waals surface area contributed by atoms with Crippen LogP contribution < -0.4 is 11.1 Å². The molecule has 1 saturated heterocycles. The molecule has 0 saturated carbocycles. The van der Waals surface area contributed by atoms with Gasteiger partial charge in [0.1, 0.15) is 0 Å². The molecule has 1 aliphatic heterocycles. The molecule has 0 radical (unpaired) electrons. The van der Waals surface area contributed by atoms with E-state index in [0.717, 1.165) is 19.4 Å². The fourth-order valence-corrected chi connectivity index (χ4v) is 1.55. The van der Waals surface area contributed by atoms with Crippen LogP contribution in [0.2, 0.25) is 0 Å². The first-order valence-electron chi connectivity index (χ1n) is 4.85. The van der Waals surface area contributed by atoms with Crippen LogP contribution in [0.15, 0.2) is 0 Å². The van der Waals surface area contributed by atoms with Gasteiger partial charge in [0.25, 0.3) is 0 Å². The number of carbonyl (C=O) groups is 1. The van der Waals surface area contributed by atoms with Crippen molar-refractivity contribution in [1.29, 1.82) is 0 Å². The number of nitrogens with two attached hydrogens (primary N) is 1. The minimum absolute atomic E-state index is 0.119. The molecule has 1 aliphatic rings. The van der Waals surface area contributed by atoms with Gasteiger partial charge in [-0.25, -0.2) is 0 Å². The molecule has 0 aromatic rings. The van der Waals surface area contributed by atoms with E-state index in [1.807, 2.05) is 0 Å². The molecular formula is C9H16N2O2S. The maximum Gasteiger partial charge on any atom is 0.226 e.